The largest absolute Gasteiger partial charge is 0.369 e. The van der Waals surface area contributed by atoms with Gasteiger partial charge >= 0.3 is 0 Å². The summed E-state index contributed by atoms with van der Waals surface area (Å²) in [5.41, 5.74) is 0. The number of benzene rings is 1. The highest BCUT2D eigenvalue weighted by atomic mass is 127. The highest BCUT2D eigenvalue weighted by Gasteiger charge is 2.06. The molecule has 1 aromatic heterocycles. The van der Waals surface area contributed by atoms with E-state index in [-0.39, 0.29) is 5.82 Å². The molecule has 0 bridgehead atoms. The second-order valence-corrected chi connectivity index (χ2v) is 5.91. The van der Waals surface area contributed by atoms with Crippen molar-refractivity contribution >= 4 is 40.2 Å². The first-order chi connectivity index (χ1) is 9.20. The van der Waals surface area contributed by atoms with Crippen LogP contribution in [-0.2, 0) is 5.75 Å². The van der Waals surface area contributed by atoms with Crippen molar-refractivity contribution in [2.24, 2.45) is 0 Å². The molecule has 6 heteroatoms. The minimum Gasteiger partial charge on any atom is -0.369 e. The molecule has 100 valence electrons. The quantitative estimate of drug-likeness (QED) is 0.621. The summed E-state index contributed by atoms with van der Waals surface area (Å²) in [6.45, 7) is 2.83. The van der Waals surface area contributed by atoms with Crippen LogP contribution >= 0.6 is 34.4 Å². The number of hydrogen-bond acceptors (Lipinski definition) is 4. The Labute approximate surface area is 129 Å². The van der Waals surface area contributed by atoms with Crippen LogP contribution in [-0.4, -0.2) is 16.5 Å². The molecule has 0 atom stereocenters. The molecule has 2 rings (SSSR count). The normalized spacial score (nSPS) is 10.5. The average Bonchev–Trinajstić information content (AvgIpc) is 2.41. The van der Waals surface area contributed by atoms with Crippen LogP contribution in [0.1, 0.15) is 12.7 Å². The lowest BCUT2D eigenvalue weighted by atomic mass is 10.3. The van der Waals surface area contributed by atoms with Gasteiger partial charge < -0.3 is 5.32 Å². The standard InChI is InChI=1S/C13H13FIN3S/c1-2-16-13-10(15)7-17-12(18-13)8-19-11-6-4-3-5-9(11)14/h3-7H,2,8H2,1H3,(H,16,17,18). The first-order valence-electron chi connectivity index (χ1n) is 5.83. The molecule has 0 aliphatic carbocycles. The summed E-state index contributed by atoms with van der Waals surface area (Å²) in [6.07, 6.45) is 1.78. The van der Waals surface area contributed by atoms with Crippen LogP contribution in [0.2, 0.25) is 0 Å². The van der Waals surface area contributed by atoms with Gasteiger partial charge in [-0.2, -0.15) is 0 Å². The Kier molecular flexibility index (Phi) is 5.38. The molecule has 2 aromatic rings. The average molecular weight is 389 g/mol. The van der Waals surface area contributed by atoms with Crippen molar-refractivity contribution < 1.29 is 4.39 Å². The molecule has 0 spiro atoms. The highest BCUT2D eigenvalue weighted by Crippen LogP contribution is 2.24. The number of rotatable bonds is 5. The van der Waals surface area contributed by atoms with Gasteiger partial charge in [0, 0.05) is 17.6 Å². The van der Waals surface area contributed by atoms with Crippen molar-refractivity contribution in [3.8, 4) is 0 Å². The van der Waals surface area contributed by atoms with E-state index in [1.54, 1.807) is 18.3 Å². The van der Waals surface area contributed by atoms with Crippen molar-refractivity contribution in [1.82, 2.24) is 9.97 Å². The first-order valence-corrected chi connectivity index (χ1v) is 7.89. The third-order valence-corrected chi connectivity index (χ3v) is 4.17. The fourth-order valence-corrected chi connectivity index (χ4v) is 2.72. The van der Waals surface area contributed by atoms with Gasteiger partial charge in [-0.1, -0.05) is 12.1 Å². The molecule has 1 N–H and O–H groups in total. The lowest BCUT2D eigenvalue weighted by Crippen LogP contribution is -2.05. The Balaban J connectivity index is 2.07. The summed E-state index contributed by atoms with van der Waals surface area (Å²) in [5.74, 6) is 1.88. The molecule has 0 saturated heterocycles. The molecule has 1 aromatic carbocycles. The lowest BCUT2D eigenvalue weighted by molar-refractivity contribution is 0.602. The van der Waals surface area contributed by atoms with E-state index >= 15 is 0 Å². The predicted octanol–water partition coefficient (Wildman–Crippen LogP) is 3.94. The molecule has 0 aliphatic rings. The Morgan fingerprint density at radius 3 is 2.89 bits per heavy atom. The van der Waals surface area contributed by atoms with Crippen LogP contribution in [0.25, 0.3) is 0 Å². The van der Waals surface area contributed by atoms with Gasteiger partial charge in [-0.15, -0.1) is 11.8 Å². The van der Waals surface area contributed by atoms with E-state index < -0.39 is 0 Å². The van der Waals surface area contributed by atoms with Crippen molar-refractivity contribution in [2.45, 2.75) is 17.6 Å². The summed E-state index contributed by atoms with van der Waals surface area (Å²) in [6, 6.07) is 6.73. The maximum absolute atomic E-state index is 13.5. The predicted molar refractivity (Wildman–Crippen MR) is 84.9 cm³/mol. The summed E-state index contributed by atoms with van der Waals surface area (Å²) >= 11 is 3.59. The molecule has 0 amide bonds. The molecule has 0 saturated carbocycles. The number of nitrogens with one attached hydrogen (secondary N) is 1. The van der Waals surface area contributed by atoms with Crippen molar-refractivity contribution in [3.05, 3.63) is 45.7 Å². The molecular formula is C13H13FIN3S. The smallest absolute Gasteiger partial charge is 0.143 e. The topological polar surface area (TPSA) is 37.8 Å². The van der Waals surface area contributed by atoms with Crippen molar-refractivity contribution in [3.63, 3.8) is 0 Å². The Morgan fingerprint density at radius 2 is 2.16 bits per heavy atom. The van der Waals surface area contributed by atoms with E-state index in [0.717, 1.165) is 15.9 Å². The molecule has 0 radical (unpaired) electrons. The van der Waals surface area contributed by atoms with E-state index in [0.29, 0.717) is 16.5 Å². The molecule has 1 heterocycles. The van der Waals surface area contributed by atoms with Crippen LogP contribution in [0.3, 0.4) is 0 Å². The maximum atomic E-state index is 13.5. The van der Waals surface area contributed by atoms with Gasteiger partial charge in [0.2, 0.25) is 0 Å². The van der Waals surface area contributed by atoms with E-state index in [2.05, 4.69) is 37.9 Å². The zero-order valence-corrected chi connectivity index (χ0v) is 13.3. The Bertz CT molecular complexity index is 565. The fourth-order valence-electron chi connectivity index (χ4n) is 1.47. The molecule has 0 aliphatic heterocycles. The Hall–Kier alpha value is -0.890. The molecule has 19 heavy (non-hydrogen) atoms. The minimum atomic E-state index is -0.204. The Morgan fingerprint density at radius 1 is 1.37 bits per heavy atom. The summed E-state index contributed by atoms with van der Waals surface area (Å²) in [4.78, 5) is 9.32. The molecule has 0 fully saturated rings. The zero-order chi connectivity index (χ0) is 13.7. The summed E-state index contributed by atoms with van der Waals surface area (Å²) in [7, 11) is 0. The van der Waals surface area contributed by atoms with E-state index in [4.69, 9.17) is 0 Å². The van der Waals surface area contributed by atoms with E-state index in [9.17, 15) is 4.39 Å². The van der Waals surface area contributed by atoms with Crippen LogP contribution in [0, 0.1) is 9.39 Å². The first kappa shape index (κ1) is 14.5. The van der Waals surface area contributed by atoms with Crippen LogP contribution in [0.4, 0.5) is 10.2 Å². The molecule has 3 nitrogen and oxygen atoms in total. The highest BCUT2D eigenvalue weighted by molar-refractivity contribution is 14.1. The number of halogens is 2. The van der Waals surface area contributed by atoms with Crippen molar-refractivity contribution in [2.75, 3.05) is 11.9 Å². The van der Waals surface area contributed by atoms with E-state index in [1.807, 2.05) is 13.0 Å². The number of nitrogens with zero attached hydrogens (tertiary/aromatic N) is 2. The second-order valence-electron chi connectivity index (χ2n) is 3.73. The second kappa shape index (κ2) is 7.04. The summed E-state index contributed by atoms with van der Waals surface area (Å²) < 4.78 is 14.5. The lowest BCUT2D eigenvalue weighted by Gasteiger charge is -2.07. The van der Waals surface area contributed by atoms with Gasteiger partial charge in [-0.3, -0.25) is 0 Å². The van der Waals surface area contributed by atoms with Gasteiger partial charge in [0.05, 0.1) is 9.32 Å². The summed E-state index contributed by atoms with van der Waals surface area (Å²) in [5, 5.41) is 3.18. The zero-order valence-electron chi connectivity index (χ0n) is 10.4. The number of aromatic nitrogens is 2. The van der Waals surface area contributed by atoms with E-state index in [1.165, 1.54) is 17.8 Å². The van der Waals surface area contributed by atoms with Crippen molar-refractivity contribution in [1.29, 1.82) is 0 Å². The molecule has 0 unspecified atom stereocenters. The third-order valence-electron chi connectivity index (χ3n) is 2.33. The van der Waals surface area contributed by atoms with Crippen LogP contribution in [0.15, 0.2) is 35.4 Å². The number of thioether (sulfide) groups is 1. The molecular weight excluding hydrogens is 376 g/mol. The van der Waals surface area contributed by atoms with Gasteiger partial charge in [-0.05, 0) is 41.6 Å². The fraction of sp³-hybridized carbons (Fsp3) is 0.231. The number of anilines is 1. The SMILES string of the molecule is CCNc1nc(CSc2ccccc2F)ncc1I. The maximum Gasteiger partial charge on any atom is 0.143 e. The van der Waals surface area contributed by atoms with Crippen LogP contribution in [0.5, 0.6) is 0 Å². The minimum absolute atomic E-state index is 0.204. The van der Waals surface area contributed by atoms with Gasteiger partial charge in [-0.25, -0.2) is 14.4 Å². The van der Waals surface area contributed by atoms with Gasteiger partial charge in [0.1, 0.15) is 17.5 Å². The van der Waals surface area contributed by atoms with Crippen LogP contribution < -0.4 is 5.32 Å². The number of hydrogen-bond donors (Lipinski definition) is 1. The van der Waals surface area contributed by atoms with Gasteiger partial charge in [0.15, 0.2) is 0 Å². The van der Waals surface area contributed by atoms with Gasteiger partial charge in [0.25, 0.3) is 0 Å². The monoisotopic (exact) mass is 389 g/mol. The third kappa shape index (κ3) is 4.04.